The first kappa shape index (κ1) is 16.3. The molecule has 120 valence electrons. The molecular weight excluding hydrogens is 282 g/mol. The lowest BCUT2D eigenvalue weighted by Crippen LogP contribution is -2.30. The van der Waals surface area contributed by atoms with Crippen molar-refractivity contribution in [3.05, 3.63) is 33.9 Å². The van der Waals surface area contributed by atoms with Crippen LogP contribution in [0.15, 0.2) is 18.2 Å². The van der Waals surface area contributed by atoms with Gasteiger partial charge in [0.05, 0.1) is 4.92 Å². The molecule has 0 heterocycles. The molecule has 0 atom stereocenters. The van der Waals surface area contributed by atoms with Crippen LogP contribution in [0.4, 0.5) is 11.4 Å². The molecule has 1 aromatic carbocycles. The van der Waals surface area contributed by atoms with Crippen molar-refractivity contribution in [1.29, 1.82) is 0 Å². The maximum Gasteiger partial charge on any atom is 0.293 e. The lowest BCUT2D eigenvalue weighted by molar-refractivity contribution is -0.384. The molecule has 2 rings (SSSR count). The van der Waals surface area contributed by atoms with Gasteiger partial charge in [-0.15, -0.1) is 0 Å². The van der Waals surface area contributed by atoms with Gasteiger partial charge in [-0.25, -0.2) is 0 Å². The van der Waals surface area contributed by atoms with E-state index in [1.807, 2.05) is 13.8 Å². The van der Waals surface area contributed by atoms with Gasteiger partial charge in [0.1, 0.15) is 5.69 Å². The van der Waals surface area contributed by atoms with Crippen molar-refractivity contribution in [3.8, 4) is 0 Å². The molecule has 1 amide bonds. The molecule has 0 radical (unpaired) electrons. The summed E-state index contributed by atoms with van der Waals surface area (Å²) in [6.45, 7) is 3.70. The molecule has 6 heteroatoms. The standard InChI is InChI=1S/C16H23N3O3/c1-11(2)17-16(20)12-8-9-14(15(10-12)19(21)22)18-13-6-4-3-5-7-13/h8-11,13,18H,3-7H2,1-2H3,(H,17,20). The first-order valence-electron chi connectivity index (χ1n) is 7.83. The minimum atomic E-state index is -0.433. The quantitative estimate of drug-likeness (QED) is 0.644. The van der Waals surface area contributed by atoms with Crippen molar-refractivity contribution in [2.75, 3.05) is 5.32 Å². The van der Waals surface area contributed by atoms with Gasteiger partial charge in [0.15, 0.2) is 0 Å². The number of nitro groups is 1. The average Bonchev–Trinajstić information content (AvgIpc) is 2.47. The van der Waals surface area contributed by atoms with E-state index in [1.165, 1.54) is 12.5 Å². The fourth-order valence-electron chi connectivity index (χ4n) is 2.76. The minimum absolute atomic E-state index is 0.00778. The van der Waals surface area contributed by atoms with Gasteiger partial charge in [-0.3, -0.25) is 14.9 Å². The van der Waals surface area contributed by atoms with E-state index in [1.54, 1.807) is 12.1 Å². The zero-order valence-electron chi connectivity index (χ0n) is 13.1. The molecule has 0 saturated heterocycles. The molecule has 0 unspecified atom stereocenters. The summed E-state index contributed by atoms with van der Waals surface area (Å²) in [4.78, 5) is 22.8. The van der Waals surface area contributed by atoms with E-state index < -0.39 is 4.92 Å². The monoisotopic (exact) mass is 305 g/mol. The van der Waals surface area contributed by atoms with Crippen LogP contribution in [-0.2, 0) is 0 Å². The smallest absolute Gasteiger partial charge is 0.293 e. The van der Waals surface area contributed by atoms with Crippen molar-refractivity contribution >= 4 is 17.3 Å². The van der Waals surface area contributed by atoms with Crippen LogP contribution in [0.5, 0.6) is 0 Å². The van der Waals surface area contributed by atoms with Gasteiger partial charge >= 0.3 is 0 Å². The minimum Gasteiger partial charge on any atom is -0.377 e. The topological polar surface area (TPSA) is 84.3 Å². The maximum atomic E-state index is 12.0. The van der Waals surface area contributed by atoms with E-state index in [0.717, 1.165) is 25.7 Å². The highest BCUT2D eigenvalue weighted by Crippen LogP contribution is 2.29. The summed E-state index contributed by atoms with van der Waals surface area (Å²) in [5, 5.41) is 17.3. The van der Waals surface area contributed by atoms with E-state index >= 15 is 0 Å². The third kappa shape index (κ3) is 4.19. The van der Waals surface area contributed by atoms with Crippen molar-refractivity contribution in [1.82, 2.24) is 5.32 Å². The molecule has 0 bridgehead atoms. The number of hydrogen-bond donors (Lipinski definition) is 2. The van der Waals surface area contributed by atoms with Gasteiger partial charge in [-0.05, 0) is 38.8 Å². The molecule has 1 aliphatic carbocycles. The third-order valence-electron chi connectivity index (χ3n) is 3.84. The maximum absolute atomic E-state index is 12.0. The highest BCUT2D eigenvalue weighted by molar-refractivity contribution is 5.95. The fraction of sp³-hybridized carbons (Fsp3) is 0.562. The van der Waals surface area contributed by atoms with E-state index in [4.69, 9.17) is 0 Å². The number of anilines is 1. The second-order valence-electron chi connectivity index (χ2n) is 6.10. The Hall–Kier alpha value is -2.11. The number of rotatable bonds is 5. The number of amides is 1. The van der Waals surface area contributed by atoms with Crippen LogP contribution in [-0.4, -0.2) is 22.9 Å². The zero-order chi connectivity index (χ0) is 16.1. The SMILES string of the molecule is CC(C)NC(=O)c1ccc(NC2CCCCC2)c([N+](=O)[O-])c1. The number of hydrogen-bond acceptors (Lipinski definition) is 4. The second kappa shape index (κ2) is 7.24. The highest BCUT2D eigenvalue weighted by Gasteiger charge is 2.21. The van der Waals surface area contributed by atoms with E-state index in [-0.39, 0.29) is 23.7 Å². The molecule has 22 heavy (non-hydrogen) atoms. The second-order valence-corrected chi connectivity index (χ2v) is 6.10. The zero-order valence-corrected chi connectivity index (χ0v) is 13.1. The van der Waals surface area contributed by atoms with E-state index in [0.29, 0.717) is 11.3 Å². The molecule has 1 fully saturated rings. The predicted octanol–water partition coefficient (Wildman–Crippen LogP) is 3.48. The summed E-state index contributed by atoms with van der Waals surface area (Å²) in [6, 6.07) is 4.90. The fourth-order valence-corrected chi connectivity index (χ4v) is 2.76. The van der Waals surface area contributed by atoms with Crippen molar-refractivity contribution < 1.29 is 9.72 Å². The summed E-state index contributed by atoms with van der Waals surface area (Å²) >= 11 is 0. The summed E-state index contributed by atoms with van der Waals surface area (Å²) in [5.41, 5.74) is 0.773. The number of carbonyl (C=O) groups is 1. The normalized spacial score (nSPS) is 15.6. The largest absolute Gasteiger partial charge is 0.377 e. The average molecular weight is 305 g/mol. The van der Waals surface area contributed by atoms with E-state index in [2.05, 4.69) is 10.6 Å². The first-order chi connectivity index (χ1) is 10.5. The van der Waals surface area contributed by atoms with Crippen molar-refractivity contribution in [3.63, 3.8) is 0 Å². The van der Waals surface area contributed by atoms with Crippen molar-refractivity contribution in [2.24, 2.45) is 0 Å². The number of carbonyl (C=O) groups excluding carboxylic acids is 1. The Kier molecular flexibility index (Phi) is 5.35. The molecule has 1 saturated carbocycles. The molecular formula is C16H23N3O3. The van der Waals surface area contributed by atoms with Crippen LogP contribution in [0.1, 0.15) is 56.3 Å². The number of nitrogens with one attached hydrogen (secondary N) is 2. The van der Waals surface area contributed by atoms with Crippen LogP contribution in [0, 0.1) is 10.1 Å². The van der Waals surface area contributed by atoms with Crippen LogP contribution in [0.25, 0.3) is 0 Å². The van der Waals surface area contributed by atoms with Crippen LogP contribution >= 0.6 is 0 Å². The Bertz CT molecular complexity index is 552. The molecule has 6 nitrogen and oxygen atoms in total. The Balaban J connectivity index is 2.19. The van der Waals surface area contributed by atoms with Gasteiger partial charge < -0.3 is 10.6 Å². The van der Waals surface area contributed by atoms with Gasteiger partial charge in [0, 0.05) is 23.7 Å². The lowest BCUT2D eigenvalue weighted by atomic mass is 9.95. The number of nitro benzene ring substituents is 1. The summed E-state index contributed by atoms with van der Waals surface area (Å²) in [6.07, 6.45) is 5.61. The Labute approximate surface area is 130 Å². The Morgan fingerprint density at radius 1 is 1.27 bits per heavy atom. The molecule has 1 aromatic rings. The van der Waals surface area contributed by atoms with Gasteiger partial charge in [-0.2, -0.15) is 0 Å². The van der Waals surface area contributed by atoms with Crippen molar-refractivity contribution in [2.45, 2.75) is 58.0 Å². The molecule has 0 aliphatic heterocycles. The number of nitrogens with zero attached hydrogens (tertiary/aromatic N) is 1. The first-order valence-corrected chi connectivity index (χ1v) is 7.83. The van der Waals surface area contributed by atoms with Crippen LogP contribution in [0.3, 0.4) is 0 Å². The summed E-state index contributed by atoms with van der Waals surface area (Å²) in [7, 11) is 0. The van der Waals surface area contributed by atoms with Gasteiger partial charge in [0.2, 0.25) is 0 Å². The number of benzene rings is 1. The van der Waals surface area contributed by atoms with Crippen LogP contribution < -0.4 is 10.6 Å². The Morgan fingerprint density at radius 3 is 2.55 bits per heavy atom. The van der Waals surface area contributed by atoms with Crippen LogP contribution in [0.2, 0.25) is 0 Å². The van der Waals surface area contributed by atoms with Gasteiger partial charge in [0.25, 0.3) is 11.6 Å². The Morgan fingerprint density at radius 2 is 1.95 bits per heavy atom. The summed E-state index contributed by atoms with van der Waals surface area (Å²) < 4.78 is 0. The molecule has 1 aliphatic rings. The molecule has 0 spiro atoms. The summed E-state index contributed by atoms with van der Waals surface area (Å²) in [5.74, 6) is -0.290. The van der Waals surface area contributed by atoms with E-state index in [9.17, 15) is 14.9 Å². The third-order valence-corrected chi connectivity index (χ3v) is 3.84. The lowest BCUT2D eigenvalue weighted by Gasteiger charge is -2.23. The molecule has 0 aromatic heterocycles. The predicted molar refractivity (Wildman–Crippen MR) is 86.2 cm³/mol. The highest BCUT2D eigenvalue weighted by atomic mass is 16.6. The van der Waals surface area contributed by atoms with Gasteiger partial charge in [-0.1, -0.05) is 19.3 Å². The molecule has 2 N–H and O–H groups in total.